The third-order valence-electron chi connectivity index (χ3n) is 5.47. The fourth-order valence-corrected chi connectivity index (χ4v) is 3.96. The fourth-order valence-electron chi connectivity index (χ4n) is 3.96. The fraction of sp³-hybridized carbons (Fsp3) is 0.308. The molecule has 7 heteroatoms. The van der Waals surface area contributed by atoms with E-state index in [1.54, 1.807) is 29.7 Å². The van der Waals surface area contributed by atoms with Gasteiger partial charge in [0.2, 0.25) is 0 Å². The predicted molar refractivity (Wildman–Crippen MR) is 134 cm³/mol. The normalized spacial score (nSPS) is 10.7. The summed E-state index contributed by atoms with van der Waals surface area (Å²) < 4.78 is 0. The van der Waals surface area contributed by atoms with Crippen LogP contribution in [0.25, 0.3) is 10.8 Å². The van der Waals surface area contributed by atoms with Crippen molar-refractivity contribution in [1.29, 1.82) is 0 Å². The standard InChI is InChI=1S/C26H31N3O3.ClH/c1-3-16-28(17-4-2)19-29(18-23-10-7-9-20-8-5-6-11-24(20)23)26(31)22-14-12-21(13-15-22)25(30)27-32;/h5-15,32H,3-4,16-19H2,1-2H3,(H,27,30);1H. The summed E-state index contributed by atoms with van der Waals surface area (Å²) in [5.74, 6) is -0.695. The molecule has 0 atom stereocenters. The average molecular weight is 470 g/mol. The largest absolute Gasteiger partial charge is 0.321 e. The van der Waals surface area contributed by atoms with Gasteiger partial charge < -0.3 is 4.90 Å². The Morgan fingerprint density at radius 1 is 0.848 bits per heavy atom. The molecule has 0 aromatic heterocycles. The SMILES string of the molecule is CCCN(CCC)CN(Cc1cccc2ccccc12)C(=O)c1ccc(C(=O)NO)cc1.Cl. The zero-order valence-corrected chi connectivity index (χ0v) is 20.0. The van der Waals surface area contributed by atoms with Crippen molar-refractivity contribution < 1.29 is 14.8 Å². The van der Waals surface area contributed by atoms with E-state index in [9.17, 15) is 9.59 Å². The molecule has 0 heterocycles. The van der Waals surface area contributed by atoms with Crippen molar-refractivity contribution >= 4 is 35.0 Å². The van der Waals surface area contributed by atoms with Gasteiger partial charge in [-0.05, 0) is 66.5 Å². The summed E-state index contributed by atoms with van der Waals surface area (Å²) in [6.07, 6.45) is 2.03. The highest BCUT2D eigenvalue weighted by atomic mass is 35.5. The van der Waals surface area contributed by atoms with Crippen LogP contribution in [0.3, 0.4) is 0 Å². The lowest BCUT2D eigenvalue weighted by atomic mass is 10.0. The van der Waals surface area contributed by atoms with E-state index in [2.05, 4.69) is 43.0 Å². The van der Waals surface area contributed by atoms with Gasteiger partial charge >= 0.3 is 0 Å². The van der Waals surface area contributed by atoms with Crippen LogP contribution in [0.2, 0.25) is 0 Å². The molecule has 0 saturated heterocycles. The minimum absolute atomic E-state index is 0. The van der Waals surface area contributed by atoms with Gasteiger partial charge in [-0.2, -0.15) is 0 Å². The Morgan fingerprint density at radius 2 is 1.45 bits per heavy atom. The molecule has 0 aliphatic carbocycles. The van der Waals surface area contributed by atoms with Gasteiger partial charge in [-0.25, -0.2) is 5.48 Å². The number of hydrogen-bond acceptors (Lipinski definition) is 4. The lowest BCUT2D eigenvalue weighted by Gasteiger charge is -2.31. The van der Waals surface area contributed by atoms with Crippen LogP contribution in [-0.4, -0.2) is 46.6 Å². The Bertz CT molecular complexity index is 1040. The number of benzene rings is 3. The molecule has 3 aromatic carbocycles. The van der Waals surface area contributed by atoms with Gasteiger partial charge in [-0.1, -0.05) is 56.3 Å². The molecular weight excluding hydrogens is 438 g/mol. The molecule has 0 aliphatic heterocycles. The highest BCUT2D eigenvalue weighted by Gasteiger charge is 2.20. The number of carbonyl (C=O) groups is 2. The van der Waals surface area contributed by atoms with Gasteiger partial charge in [0.1, 0.15) is 0 Å². The molecule has 0 spiro atoms. The highest BCUT2D eigenvalue weighted by Crippen LogP contribution is 2.21. The highest BCUT2D eigenvalue weighted by molar-refractivity contribution is 5.97. The van der Waals surface area contributed by atoms with Crippen LogP contribution in [0.1, 0.15) is 53.0 Å². The molecular formula is C26H32ClN3O3. The zero-order chi connectivity index (χ0) is 22.9. The number of nitrogens with zero attached hydrogens (tertiary/aromatic N) is 2. The Labute approximate surface area is 201 Å². The number of nitrogens with one attached hydrogen (secondary N) is 1. The maximum Gasteiger partial charge on any atom is 0.274 e. The molecule has 0 fully saturated rings. The van der Waals surface area contributed by atoms with Crippen LogP contribution >= 0.6 is 12.4 Å². The van der Waals surface area contributed by atoms with Gasteiger partial charge in [0, 0.05) is 17.7 Å². The van der Waals surface area contributed by atoms with E-state index in [0.717, 1.165) is 42.3 Å². The van der Waals surface area contributed by atoms with Gasteiger partial charge in [0.25, 0.3) is 11.8 Å². The van der Waals surface area contributed by atoms with Crippen molar-refractivity contribution in [2.45, 2.75) is 33.2 Å². The van der Waals surface area contributed by atoms with Crippen molar-refractivity contribution in [2.24, 2.45) is 0 Å². The minimum Gasteiger partial charge on any atom is -0.321 e. The molecule has 3 rings (SSSR count). The van der Waals surface area contributed by atoms with E-state index in [-0.39, 0.29) is 18.3 Å². The molecule has 0 aliphatic rings. The van der Waals surface area contributed by atoms with Crippen molar-refractivity contribution in [3.8, 4) is 0 Å². The molecule has 2 N–H and O–H groups in total. The molecule has 0 unspecified atom stereocenters. The topological polar surface area (TPSA) is 72.9 Å². The van der Waals surface area contributed by atoms with Crippen molar-refractivity contribution in [3.63, 3.8) is 0 Å². The summed E-state index contributed by atoms with van der Waals surface area (Å²) in [7, 11) is 0. The van der Waals surface area contributed by atoms with Crippen LogP contribution < -0.4 is 5.48 Å². The van der Waals surface area contributed by atoms with E-state index >= 15 is 0 Å². The maximum absolute atomic E-state index is 13.5. The van der Waals surface area contributed by atoms with Crippen LogP contribution in [0.4, 0.5) is 0 Å². The predicted octanol–water partition coefficient (Wildman–Crippen LogP) is 5.10. The average Bonchev–Trinajstić information content (AvgIpc) is 2.83. The Kier molecular flexibility index (Phi) is 10.3. The lowest BCUT2D eigenvalue weighted by molar-refractivity contribution is 0.0602. The van der Waals surface area contributed by atoms with Gasteiger partial charge in [0.15, 0.2) is 0 Å². The first-order valence-corrected chi connectivity index (χ1v) is 11.1. The molecule has 176 valence electrons. The summed E-state index contributed by atoms with van der Waals surface area (Å²) in [6.45, 7) is 7.14. The summed E-state index contributed by atoms with van der Waals surface area (Å²) in [4.78, 5) is 29.3. The first kappa shape index (κ1) is 26.3. The number of rotatable bonds is 10. The quantitative estimate of drug-likeness (QED) is 0.246. The van der Waals surface area contributed by atoms with Crippen LogP contribution in [-0.2, 0) is 6.54 Å². The van der Waals surface area contributed by atoms with Gasteiger partial charge in [-0.3, -0.25) is 19.7 Å². The summed E-state index contributed by atoms with van der Waals surface area (Å²) >= 11 is 0. The summed E-state index contributed by atoms with van der Waals surface area (Å²) in [6, 6.07) is 20.7. The first-order valence-electron chi connectivity index (χ1n) is 11.1. The van der Waals surface area contributed by atoms with E-state index in [4.69, 9.17) is 5.21 Å². The van der Waals surface area contributed by atoms with Crippen molar-refractivity contribution in [3.05, 3.63) is 83.4 Å². The Hall–Kier alpha value is -2.93. The summed E-state index contributed by atoms with van der Waals surface area (Å²) in [5.41, 5.74) is 3.52. The van der Waals surface area contributed by atoms with Crippen molar-refractivity contribution in [2.75, 3.05) is 19.8 Å². The first-order chi connectivity index (χ1) is 15.6. The molecule has 33 heavy (non-hydrogen) atoms. The van der Waals surface area contributed by atoms with Gasteiger partial charge in [-0.15, -0.1) is 12.4 Å². The third-order valence-corrected chi connectivity index (χ3v) is 5.47. The lowest BCUT2D eigenvalue weighted by Crippen LogP contribution is -2.42. The Morgan fingerprint density at radius 3 is 2.09 bits per heavy atom. The molecule has 0 radical (unpaired) electrons. The number of hydrogen-bond donors (Lipinski definition) is 2. The number of halogens is 1. The van der Waals surface area contributed by atoms with E-state index in [1.807, 2.05) is 23.1 Å². The minimum atomic E-state index is -0.603. The smallest absolute Gasteiger partial charge is 0.274 e. The second-order valence-corrected chi connectivity index (χ2v) is 7.92. The monoisotopic (exact) mass is 469 g/mol. The molecule has 3 aromatic rings. The van der Waals surface area contributed by atoms with Crippen LogP contribution in [0, 0.1) is 0 Å². The summed E-state index contributed by atoms with van der Waals surface area (Å²) in [5, 5.41) is 11.1. The number of fused-ring (bicyclic) bond motifs is 1. The molecule has 0 saturated carbocycles. The second kappa shape index (κ2) is 12.9. The Balaban J connectivity index is 0.00000385. The third kappa shape index (κ3) is 6.78. The van der Waals surface area contributed by atoms with E-state index in [0.29, 0.717) is 24.3 Å². The van der Waals surface area contributed by atoms with Crippen LogP contribution in [0.15, 0.2) is 66.7 Å². The van der Waals surface area contributed by atoms with Crippen LogP contribution in [0.5, 0.6) is 0 Å². The van der Waals surface area contributed by atoms with E-state index in [1.165, 1.54) is 0 Å². The molecule has 6 nitrogen and oxygen atoms in total. The number of carbonyl (C=O) groups excluding carboxylic acids is 2. The second-order valence-electron chi connectivity index (χ2n) is 7.92. The molecule has 2 amide bonds. The van der Waals surface area contributed by atoms with E-state index < -0.39 is 5.91 Å². The van der Waals surface area contributed by atoms with Crippen molar-refractivity contribution in [1.82, 2.24) is 15.3 Å². The molecule has 0 bridgehead atoms. The zero-order valence-electron chi connectivity index (χ0n) is 19.2. The maximum atomic E-state index is 13.5. The number of amides is 2. The van der Waals surface area contributed by atoms with Gasteiger partial charge in [0.05, 0.1) is 6.67 Å². The number of hydroxylamine groups is 1.